The molecule has 124 valence electrons. The molecule has 1 aromatic rings. The van der Waals surface area contributed by atoms with E-state index in [1.54, 1.807) is 7.11 Å². The van der Waals surface area contributed by atoms with Crippen LogP contribution in [0.3, 0.4) is 0 Å². The van der Waals surface area contributed by atoms with E-state index in [4.69, 9.17) is 9.47 Å². The molecule has 4 nitrogen and oxygen atoms in total. The lowest BCUT2D eigenvalue weighted by molar-refractivity contribution is 0.0682. The van der Waals surface area contributed by atoms with E-state index >= 15 is 0 Å². The molecule has 0 amide bonds. The standard InChI is InChI=1S/C17H28N2O2S/c1-15-3-4-16(22-15)11-19-8-10-21-14-17(13-19)5-6-18(12-17)7-9-20-2/h3-4H,5-14H2,1-2H3. The Morgan fingerprint density at radius 2 is 2.14 bits per heavy atom. The molecule has 2 saturated heterocycles. The average Bonchev–Trinajstić information content (AvgIpc) is 3.02. The molecule has 22 heavy (non-hydrogen) atoms. The number of likely N-dealkylation sites (tertiary alicyclic amines) is 1. The molecular weight excluding hydrogens is 296 g/mol. The van der Waals surface area contributed by atoms with Gasteiger partial charge in [0.05, 0.1) is 19.8 Å². The summed E-state index contributed by atoms with van der Waals surface area (Å²) in [4.78, 5) is 8.01. The molecule has 0 saturated carbocycles. The second-order valence-corrected chi connectivity index (χ2v) is 8.17. The first-order valence-corrected chi connectivity index (χ1v) is 9.07. The van der Waals surface area contributed by atoms with Crippen LogP contribution in [0.4, 0.5) is 0 Å². The Bertz CT molecular complexity index is 479. The number of hydrogen-bond acceptors (Lipinski definition) is 5. The van der Waals surface area contributed by atoms with Crippen molar-refractivity contribution in [3.05, 3.63) is 21.9 Å². The lowest BCUT2D eigenvalue weighted by atomic mass is 9.87. The maximum atomic E-state index is 5.96. The summed E-state index contributed by atoms with van der Waals surface area (Å²) in [6.45, 7) is 11.4. The van der Waals surface area contributed by atoms with E-state index in [1.807, 2.05) is 11.3 Å². The summed E-state index contributed by atoms with van der Waals surface area (Å²) in [7, 11) is 1.78. The fourth-order valence-corrected chi connectivity index (χ4v) is 4.63. The Labute approximate surface area is 138 Å². The summed E-state index contributed by atoms with van der Waals surface area (Å²) in [5.74, 6) is 0. The van der Waals surface area contributed by atoms with Gasteiger partial charge in [0.1, 0.15) is 0 Å². The molecule has 0 bridgehead atoms. The van der Waals surface area contributed by atoms with Gasteiger partial charge in [-0.2, -0.15) is 0 Å². The minimum atomic E-state index is 0.316. The number of ether oxygens (including phenoxy) is 2. The third kappa shape index (κ3) is 4.09. The van der Waals surface area contributed by atoms with Crippen LogP contribution in [0, 0.1) is 12.3 Å². The number of nitrogens with zero attached hydrogens (tertiary/aromatic N) is 2. The van der Waals surface area contributed by atoms with E-state index < -0.39 is 0 Å². The van der Waals surface area contributed by atoms with Crippen molar-refractivity contribution in [1.29, 1.82) is 0 Å². The van der Waals surface area contributed by atoms with E-state index in [-0.39, 0.29) is 0 Å². The van der Waals surface area contributed by atoms with Crippen molar-refractivity contribution in [2.75, 3.05) is 59.7 Å². The van der Waals surface area contributed by atoms with Crippen LogP contribution in [0.5, 0.6) is 0 Å². The van der Waals surface area contributed by atoms with Gasteiger partial charge in [0, 0.05) is 55.0 Å². The van der Waals surface area contributed by atoms with Crippen molar-refractivity contribution in [3.8, 4) is 0 Å². The van der Waals surface area contributed by atoms with Crippen molar-refractivity contribution in [1.82, 2.24) is 9.80 Å². The molecule has 0 N–H and O–H groups in total. The second kappa shape index (κ2) is 7.41. The van der Waals surface area contributed by atoms with Gasteiger partial charge in [0.2, 0.25) is 0 Å². The molecule has 2 fully saturated rings. The predicted octanol–water partition coefficient (Wildman–Crippen LogP) is 2.23. The zero-order valence-corrected chi connectivity index (χ0v) is 14.7. The molecule has 1 spiro atoms. The number of aryl methyl sites for hydroxylation is 1. The largest absolute Gasteiger partial charge is 0.383 e. The fourth-order valence-electron chi connectivity index (χ4n) is 3.69. The molecule has 0 radical (unpaired) electrons. The van der Waals surface area contributed by atoms with Gasteiger partial charge in [-0.1, -0.05) is 0 Å². The molecule has 2 aliphatic heterocycles. The van der Waals surface area contributed by atoms with Gasteiger partial charge in [-0.3, -0.25) is 4.90 Å². The summed E-state index contributed by atoms with van der Waals surface area (Å²) in [6, 6.07) is 4.50. The van der Waals surface area contributed by atoms with Crippen LogP contribution in [-0.2, 0) is 16.0 Å². The van der Waals surface area contributed by atoms with Crippen LogP contribution in [0.2, 0.25) is 0 Å². The lowest BCUT2D eigenvalue weighted by Gasteiger charge is -2.31. The quantitative estimate of drug-likeness (QED) is 0.829. The SMILES string of the molecule is COCCN1CCC2(COCCN(Cc3ccc(C)s3)C2)C1. The van der Waals surface area contributed by atoms with Crippen molar-refractivity contribution >= 4 is 11.3 Å². The van der Waals surface area contributed by atoms with Gasteiger partial charge in [-0.15, -0.1) is 11.3 Å². The summed E-state index contributed by atoms with van der Waals surface area (Å²) in [6.07, 6.45) is 1.25. The molecule has 3 heterocycles. The molecule has 3 rings (SSSR count). The summed E-state index contributed by atoms with van der Waals surface area (Å²) >= 11 is 1.92. The van der Waals surface area contributed by atoms with E-state index in [0.717, 1.165) is 52.5 Å². The van der Waals surface area contributed by atoms with Gasteiger partial charge in [-0.25, -0.2) is 0 Å². The Morgan fingerprint density at radius 1 is 1.27 bits per heavy atom. The normalized spacial score (nSPS) is 27.5. The molecule has 0 aromatic carbocycles. The van der Waals surface area contributed by atoms with Crippen LogP contribution >= 0.6 is 11.3 Å². The monoisotopic (exact) mass is 324 g/mol. The minimum absolute atomic E-state index is 0.316. The maximum Gasteiger partial charge on any atom is 0.0593 e. The third-order valence-electron chi connectivity index (χ3n) is 4.82. The predicted molar refractivity (Wildman–Crippen MR) is 90.5 cm³/mol. The fraction of sp³-hybridized carbons (Fsp3) is 0.765. The summed E-state index contributed by atoms with van der Waals surface area (Å²) < 4.78 is 11.2. The van der Waals surface area contributed by atoms with E-state index in [2.05, 4.69) is 28.9 Å². The molecular formula is C17H28N2O2S. The van der Waals surface area contributed by atoms with E-state index in [9.17, 15) is 0 Å². The average molecular weight is 324 g/mol. The topological polar surface area (TPSA) is 24.9 Å². The van der Waals surface area contributed by atoms with Crippen LogP contribution in [0.25, 0.3) is 0 Å². The maximum absolute atomic E-state index is 5.96. The Morgan fingerprint density at radius 3 is 2.91 bits per heavy atom. The van der Waals surface area contributed by atoms with Gasteiger partial charge < -0.3 is 14.4 Å². The Kier molecular flexibility index (Phi) is 5.52. The van der Waals surface area contributed by atoms with Crippen molar-refractivity contribution in [2.24, 2.45) is 5.41 Å². The van der Waals surface area contributed by atoms with Crippen molar-refractivity contribution in [2.45, 2.75) is 19.9 Å². The van der Waals surface area contributed by atoms with Crippen LogP contribution in [0.1, 0.15) is 16.2 Å². The highest BCUT2D eigenvalue weighted by Crippen LogP contribution is 2.34. The van der Waals surface area contributed by atoms with Gasteiger partial charge in [0.25, 0.3) is 0 Å². The summed E-state index contributed by atoms with van der Waals surface area (Å²) in [5, 5.41) is 0. The number of thiophene rings is 1. The van der Waals surface area contributed by atoms with Gasteiger partial charge >= 0.3 is 0 Å². The van der Waals surface area contributed by atoms with Gasteiger partial charge in [0.15, 0.2) is 0 Å². The van der Waals surface area contributed by atoms with E-state index in [0.29, 0.717) is 5.41 Å². The molecule has 5 heteroatoms. The van der Waals surface area contributed by atoms with Crippen molar-refractivity contribution < 1.29 is 9.47 Å². The molecule has 1 atom stereocenters. The molecule has 2 aliphatic rings. The second-order valence-electron chi connectivity index (χ2n) is 6.79. The first kappa shape index (κ1) is 16.4. The molecule has 0 aliphatic carbocycles. The van der Waals surface area contributed by atoms with Crippen LogP contribution in [-0.4, -0.2) is 69.5 Å². The Balaban J connectivity index is 1.60. The highest BCUT2D eigenvalue weighted by molar-refractivity contribution is 7.11. The summed E-state index contributed by atoms with van der Waals surface area (Å²) in [5.41, 5.74) is 0.316. The molecule has 1 aromatic heterocycles. The van der Waals surface area contributed by atoms with E-state index in [1.165, 1.54) is 22.7 Å². The zero-order chi connectivity index (χ0) is 15.4. The first-order chi connectivity index (χ1) is 10.7. The lowest BCUT2D eigenvalue weighted by Crippen LogP contribution is -2.40. The minimum Gasteiger partial charge on any atom is -0.383 e. The molecule has 1 unspecified atom stereocenters. The number of hydrogen-bond donors (Lipinski definition) is 0. The van der Waals surface area contributed by atoms with Crippen LogP contribution < -0.4 is 0 Å². The number of rotatable bonds is 5. The first-order valence-electron chi connectivity index (χ1n) is 8.26. The highest BCUT2D eigenvalue weighted by atomic mass is 32.1. The number of methoxy groups -OCH3 is 1. The third-order valence-corrected chi connectivity index (χ3v) is 5.81. The Hall–Kier alpha value is -0.460. The zero-order valence-electron chi connectivity index (χ0n) is 13.8. The smallest absolute Gasteiger partial charge is 0.0593 e. The van der Waals surface area contributed by atoms with Gasteiger partial charge in [-0.05, 0) is 32.0 Å². The highest BCUT2D eigenvalue weighted by Gasteiger charge is 2.40. The van der Waals surface area contributed by atoms with Crippen molar-refractivity contribution in [3.63, 3.8) is 0 Å². The van der Waals surface area contributed by atoms with Crippen LogP contribution in [0.15, 0.2) is 12.1 Å².